The highest BCUT2D eigenvalue weighted by Gasteiger charge is 2.12. The molecule has 0 radical (unpaired) electrons. The fourth-order valence-electron chi connectivity index (χ4n) is 2.53. The molecule has 0 atom stereocenters. The van der Waals surface area contributed by atoms with Crippen LogP contribution in [0.25, 0.3) is 16.8 Å². The van der Waals surface area contributed by atoms with Gasteiger partial charge >= 0.3 is 0 Å². The van der Waals surface area contributed by atoms with Gasteiger partial charge in [0.2, 0.25) is 5.91 Å². The molecule has 0 unspecified atom stereocenters. The Labute approximate surface area is 146 Å². The minimum Gasteiger partial charge on any atom is -0.322 e. The summed E-state index contributed by atoms with van der Waals surface area (Å²) in [6.07, 6.45) is 1.65. The van der Waals surface area contributed by atoms with Crippen molar-refractivity contribution < 1.29 is 9.59 Å². The fourth-order valence-corrected chi connectivity index (χ4v) is 2.53. The lowest BCUT2D eigenvalue weighted by Gasteiger charge is -2.10. The van der Waals surface area contributed by atoms with E-state index in [0.29, 0.717) is 5.69 Å². The molecule has 4 heteroatoms. The highest BCUT2D eigenvalue weighted by atomic mass is 16.2. The molecule has 0 aromatic heterocycles. The second-order valence-corrected chi connectivity index (χ2v) is 5.67. The number of nitrogens with one attached hydrogen (secondary N) is 2. The number of carbonyl (C=O) groups excluding carboxylic acids is 2. The summed E-state index contributed by atoms with van der Waals surface area (Å²) in [6.45, 7) is 1.38. The first-order valence-corrected chi connectivity index (χ1v) is 7.96. The standard InChI is InChI=1S/C21H18N2O2/c1-15(24)22-20(13-16-7-3-2-4-8-16)21(25)23-19-12-11-17-9-5-6-10-18(17)14-19/h2-14H,1H3,(H,22,24)(H,23,25)/b20-13-. The van der Waals surface area contributed by atoms with Crippen LogP contribution in [0.3, 0.4) is 0 Å². The van der Waals surface area contributed by atoms with Crippen LogP contribution in [0.5, 0.6) is 0 Å². The van der Waals surface area contributed by atoms with Gasteiger partial charge in [0.1, 0.15) is 5.70 Å². The molecule has 0 heterocycles. The van der Waals surface area contributed by atoms with Gasteiger partial charge in [-0.2, -0.15) is 0 Å². The number of amides is 2. The smallest absolute Gasteiger partial charge is 0.272 e. The molecule has 2 amide bonds. The largest absolute Gasteiger partial charge is 0.322 e. The minimum absolute atomic E-state index is 0.201. The Hall–Kier alpha value is -3.40. The monoisotopic (exact) mass is 330 g/mol. The Morgan fingerprint density at radius 2 is 1.52 bits per heavy atom. The summed E-state index contributed by atoms with van der Waals surface area (Å²) in [6, 6.07) is 23.0. The molecule has 0 aliphatic heterocycles. The van der Waals surface area contributed by atoms with Crippen LogP contribution in [0.15, 0.2) is 78.5 Å². The van der Waals surface area contributed by atoms with Crippen molar-refractivity contribution in [1.29, 1.82) is 0 Å². The molecule has 4 nitrogen and oxygen atoms in total. The van der Waals surface area contributed by atoms with Crippen molar-refractivity contribution in [3.05, 3.63) is 84.1 Å². The molecule has 124 valence electrons. The number of fused-ring (bicyclic) bond motifs is 1. The van der Waals surface area contributed by atoms with Crippen molar-refractivity contribution in [1.82, 2.24) is 5.32 Å². The van der Waals surface area contributed by atoms with E-state index in [4.69, 9.17) is 0 Å². The van der Waals surface area contributed by atoms with Crippen LogP contribution in [0, 0.1) is 0 Å². The van der Waals surface area contributed by atoms with Gasteiger partial charge in [-0.1, -0.05) is 60.7 Å². The van der Waals surface area contributed by atoms with E-state index in [2.05, 4.69) is 10.6 Å². The number of benzene rings is 3. The molecule has 2 N–H and O–H groups in total. The predicted octanol–water partition coefficient (Wildman–Crippen LogP) is 3.96. The molecule has 3 rings (SSSR count). The Kier molecular flexibility index (Phi) is 4.90. The van der Waals surface area contributed by atoms with Gasteiger partial charge in [0.25, 0.3) is 5.91 Å². The summed E-state index contributed by atoms with van der Waals surface area (Å²) in [5, 5.41) is 7.57. The minimum atomic E-state index is -0.366. The maximum absolute atomic E-state index is 12.6. The van der Waals surface area contributed by atoms with Crippen LogP contribution >= 0.6 is 0 Å². The lowest BCUT2D eigenvalue weighted by Crippen LogP contribution is -2.28. The fraction of sp³-hybridized carbons (Fsp3) is 0.0476. The maximum atomic E-state index is 12.6. The van der Waals surface area contributed by atoms with Crippen LogP contribution in [0.2, 0.25) is 0 Å². The van der Waals surface area contributed by atoms with Crippen molar-refractivity contribution in [3.8, 4) is 0 Å². The van der Waals surface area contributed by atoms with Crippen molar-refractivity contribution in [2.45, 2.75) is 6.92 Å². The third-order valence-electron chi connectivity index (χ3n) is 3.67. The topological polar surface area (TPSA) is 58.2 Å². The zero-order valence-corrected chi connectivity index (χ0v) is 13.8. The first-order chi connectivity index (χ1) is 12.1. The Balaban J connectivity index is 1.86. The summed E-state index contributed by atoms with van der Waals surface area (Å²) < 4.78 is 0. The van der Waals surface area contributed by atoms with Crippen LogP contribution in [0.4, 0.5) is 5.69 Å². The molecule has 0 fully saturated rings. The normalized spacial score (nSPS) is 11.2. The van der Waals surface area contributed by atoms with Gasteiger partial charge in [0, 0.05) is 12.6 Å². The van der Waals surface area contributed by atoms with E-state index in [1.165, 1.54) is 6.92 Å². The van der Waals surface area contributed by atoms with Crippen molar-refractivity contribution in [2.24, 2.45) is 0 Å². The van der Waals surface area contributed by atoms with Crippen LogP contribution in [0.1, 0.15) is 12.5 Å². The molecule has 0 spiro atoms. The first kappa shape index (κ1) is 16.5. The molecule has 0 aliphatic carbocycles. The van der Waals surface area contributed by atoms with E-state index >= 15 is 0 Å². The van der Waals surface area contributed by atoms with Gasteiger partial charge in [-0.05, 0) is 34.5 Å². The predicted molar refractivity (Wildman–Crippen MR) is 101 cm³/mol. The highest BCUT2D eigenvalue weighted by molar-refractivity contribution is 6.09. The number of hydrogen-bond donors (Lipinski definition) is 2. The zero-order chi connectivity index (χ0) is 17.6. The summed E-state index contributed by atoms with van der Waals surface area (Å²) in [5.74, 6) is -0.662. The number of rotatable bonds is 4. The second-order valence-electron chi connectivity index (χ2n) is 5.67. The van der Waals surface area contributed by atoms with Gasteiger partial charge in [-0.15, -0.1) is 0 Å². The number of hydrogen-bond acceptors (Lipinski definition) is 2. The Morgan fingerprint density at radius 3 is 2.24 bits per heavy atom. The molecular formula is C21H18N2O2. The zero-order valence-electron chi connectivity index (χ0n) is 13.8. The van der Waals surface area contributed by atoms with Crippen molar-refractivity contribution in [2.75, 3.05) is 5.32 Å². The van der Waals surface area contributed by atoms with E-state index in [9.17, 15) is 9.59 Å². The van der Waals surface area contributed by atoms with Crippen molar-refractivity contribution in [3.63, 3.8) is 0 Å². The first-order valence-electron chi connectivity index (χ1n) is 7.96. The van der Waals surface area contributed by atoms with Crippen LogP contribution in [-0.2, 0) is 9.59 Å². The third-order valence-corrected chi connectivity index (χ3v) is 3.67. The second kappa shape index (κ2) is 7.45. The summed E-state index contributed by atoms with van der Waals surface area (Å²) >= 11 is 0. The van der Waals surface area contributed by atoms with Gasteiger partial charge in [-0.25, -0.2) is 0 Å². The Morgan fingerprint density at radius 1 is 0.840 bits per heavy atom. The van der Waals surface area contributed by atoms with E-state index in [1.807, 2.05) is 72.8 Å². The average Bonchev–Trinajstić information content (AvgIpc) is 2.61. The van der Waals surface area contributed by atoms with Gasteiger partial charge in [0.05, 0.1) is 0 Å². The highest BCUT2D eigenvalue weighted by Crippen LogP contribution is 2.19. The van der Waals surface area contributed by atoms with E-state index in [1.54, 1.807) is 6.08 Å². The molecule has 0 aliphatic rings. The average molecular weight is 330 g/mol. The third kappa shape index (κ3) is 4.32. The van der Waals surface area contributed by atoms with E-state index in [-0.39, 0.29) is 17.5 Å². The van der Waals surface area contributed by atoms with Crippen LogP contribution < -0.4 is 10.6 Å². The molecule has 0 saturated carbocycles. The van der Waals surface area contributed by atoms with E-state index in [0.717, 1.165) is 16.3 Å². The van der Waals surface area contributed by atoms with Crippen LogP contribution in [-0.4, -0.2) is 11.8 Å². The van der Waals surface area contributed by atoms with Crippen molar-refractivity contribution >= 4 is 34.4 Å². The lowest BCUT2D eigenvalue weighted by atomic mass is 10.1. The molecule has 25 heavy (non-hydrogen) atoms. The quantitative estimate of drug-likeness (QED) is 0.712. The molecule has 0 saturated heterocycles. The summed E-state index contributed by atoms with van der Waals surface area (Å²) in [5.41, 5.74) is 1.71. The van der Waals surface area contributed by atoms with Gasteiger partial charge in [0.15, 0.2) is 0 Å². The molecule has 3 aromatic carbocycles. The lowest BCUT2D eigenvalue weighted by molar-refractivity contribution is -0.120. The molecule has 0 bridgehead atoms. The molecular weight excluding hydrogens is 312 g/mol. The summed E-state index contributed by atoms with van der Waals surface area (Å²) in [4.78, 5) is 24.0. The van der Waals surface area contributed by atoms with Gasteiger partial charge < -0.3 is 10.6 Å². The molecule has 3 aromatic rings. The maximum Gasteiger partial charge on any atom is 0.272 e. The summed E-state index contributed by atoms with van der Waals surface area (Å²) in [7, 11) is 0. The number of carbonyl (C=O) groups is 2. The van der Waals surface area contributed by atoms with E-state index < -0.39 is 0 Å². The Bertz CT molecular complexity index is 946. The number of anilines is 1. The SMILES string of the molecule is CC(=O)N/C(=C\c1ccccc1)C(=O)Nc1ccc2ccccc2c1. The van der Waals surface area contributed by atoms with Gasteiger partial charge in [-0.3, -0.25) is 9.59 Å².